The molecule has 2 atom stereocenters. The number of hydrogen-bond donors (Lipinski definition) is 0. The lowest BCUT2D eigenvalue weighted by Crippen LogP contribution is -2.43. The van der Waals surface area contributed by atoms with E-state index in [0.717, 1.165) is 6.26 Å². The van der Waals surface area contributed by atoms with Crippen LogP contribution in [-0.4, -0.2) is 38.8 Å². The van der Waals surface area contributed by atoms with Crippen LogP contribution in [0.25, 0.3) is 0 Å². The van der Waals surface area contributed by atoms with Gasteiger partial charge in [0.15, 0.2) is 0 Å². The maximum Gasteiger partial charge on any atom is 0.416 e. The van der Waals surface area contributed by atoms with Crippen LogP contribution in [0.2, 0.25) is 0 Å². The zero-order chi connectivity index (χ0) is 20.6. The number of hydrogen-bond acceptors (Lipinski definition) is 4. The summed E-state index contributed by atoms with van der Waals surface area (Å²) in [5.74, 6) is -0.0920. The summed E-state index contributed by atoms with van der Waals surface area (Å²) < 4.78 is 106. The van der Waals surface area contributed by atoms with E-state index in [1.54, 1.807) is 6.92 Å². The van der Waals surface area contributed by atoms with Gasteiger partial charge in [-0.1, -0.05) is 6.92 Å². The van der Waals surface area contributed by atoms with Crippen LogP contribution in [0.1, 0.15) is 30.0 Å². The standard InChI is InChI=1S/C16H19F6NO3S/c1-10-5-13(26-27(2,24)25)9-23(7-10)8-11-6-12(15(17,18)19)3-4-14(11)16(20,21)22/h3-4,6,10,13H,5,7-9H2,1-2H3/t10?,13-/m1/s1. The largest absolute Gasteiger partial charge is 0.416 e. The van der Waals surface area contributed by atoms with Crippen LogP contribution in [0.3, 0.4) is 0 Å². The van der Waals surface area contributed by atoms with Crippen LogP contribution < -0.4 is 0 Å². The maximum atomic E-state index is 13.2. The van der Waals surface area contributed by atoms with Gasteiger partial charge in [0.1, 0.15) is 0 Å². The number of alkyl halides is 6. The molecule has 1 unspecified atom stereocenters. The molecule has 0 radical (unpaired) electrons. The molecule has 0 amide bonds. The van der Waals surface area contributed by atoms with Gasteiger partial charge in [-0.15, -0.1) is 0 Å². The van der Waals surface area contributed by atoms with Gasteiger partial charge in [-0.05, 0) is 36.1 Å². The van der Waals surface area contributed by atoms with E-state index < -0.39 is 51.8 Å². The number of rotatable bonds is 4. The quantitative estimate of drug-likeness (QED) is 0.549. The second-order valence-electron chi connectivity index (χ2n) is 6.82. The third-order valence-electron chi connectivity index (χ3n) is 4.14. The summed E-state index contributed by atoms with van der Waals surface area (Å²) in [7, 11) is -3.76. The molecule has 1 aromatic carbocycles. The van der Waals surface area contributed by atoms with Crippen LogP contribution in [-0.2, 0) is 33.2 Å². The first kappa shape index (κ1) is 22.0. The van der Waals surface area contributed by atoms with Crippen LogP contribution in [0, 0.1) is 5.92 Å². The van der Waals surface area contributed by atoms with Gasteiger partial charge in [-0.2, -0.15) is 34.8 Å². The molecule has 0 spiro atoms. The smallest absolute Gasteiger partial charge is 0.296 e. The SMILES string of the molecule is CC1C[C@@H](OS(C)(=O)=O)CN(Cc2cc(C(F)(F)F)ccc2C(F)(F)F)C1. The summed E-state index contributed by atoms with van der Waals surface area (Å²) in [4.78, 5) is 1.48. The molecule has 1 aromatic rings. The highest BCUT2D eigenvalue weighted by molar-refractivity contribution is 7.86. The van der Waals surface area contributed by atoms with Crippen molar-refractivity contribution in [3.63, 3.8) is 0 Å². The number of piperidine rings is 1. The van der Waals surface area contributed by atoms with Gasteiger partial charge in [0.2, 0.25) is 0 Å². The zero-order valence-electron chi connectivity index (χ0n) is 14.6. The minimum absolute atomic E-state index is 0.00491. The summed E-state index contributed by atoms with van der Waals surface area (Å²) in [5, 5.41) is 0. The molecule has 0 saturated carbocycles. The Hall–Kier alpha value is -1.33. The highest BCUT2D eigenvalue weighted by atomic mass is 32.2. The topological polar surface area (TPSA) is 46.6 Å². The Balaban J connectivity index is 2.31. The van der Waals surface area contributed by atoms with Gasteiger partial charge in [-0.25, -0.2) is 0 Å². The minimum Gasteiger partial charge on any atom is -0.296 e. The minimum atomic E-state index is -4.80. The molecule has 11 heteroatoms. The van der Waals surface area contributed by atoms with Gasteiger partial charge in [-0.3, -0.25) is 9.08 Å². The van der Waals surface area contributed by atoms with Gasteiger partial charge >= 0.3 is 12.4 Å². The Kier molecular flexibility index (Phi) is 6.18. The molecule has 0 bridgehead atoms. The van der Waals surface area contributed by atoms with Crippen molar-refractivity contribution in [3.8, 4) is 0 Å². The first-order chi connectivity index (χ1) is 12.1. The van der Waals surface area contributed by atoms with E-state index >= 15 is 0 Å². The molecule has 1 fully saturated rings. The van der Waals surface area contributed by atoms with Crippen molar-refractivity contribution in [1.29, 1.82) is 0 Å². The van der Waals surface area contributed by atoms with Crippen molar-refractivity contribution in [2.24, 2.45) is 5.92 Å². The molecule has 154 valence electrons. The monoisotopic (exact) mass is 419 g/mol. The van der Waals surface area contributed by atoms with E-state index in [9.17, 15) is 34.8 Å². The van der Waals surface area contributed by atoms with E-state index in [1.165, 1.54) is 4.90 Å². The van der Waals surface area contributed by atoms with Gasteiger partial charge in [0.05, 0.1) is 23.5 Å². The molecule has 1 aliphatic rings. The Labute approximate surface area is 153 Å². The van der Waals surface area contributed by atoms with E-state index in [4.69, 9.17) is 4.18 Å². The van der Waals surface area contributed by atoms with E-state index in [0.29, 0.717) is 31.2 Å². The van der Waals surface area contributed by atoms with Crippen molar-refractivity contribution >= 4 is 10.1 Å². The summed E-state index contributed by atoms with van der Waals surface area (Å²) in [6.07, 6.45) is -9.08. The molecule has 1 aliphatic heterocycles. The highest BCUT2D eigenvalue weighted by Crippen LogP contribution is 2.37. The summed E-state index contributed by atoms with van der Waals surface area (Å²) in [6, 6.07) is 1.32. The van der Waals surface area contributed by atoms with Crippen molar-refractivity contribution < 1.29 is 38.9 Å². The molecule has 1 saturated heterocycles. The Morgan fingerprint density at radius 1 is 1.11 bits per heavy atom. The lowest BCUT2D eigenvalue weighted by molar-refractivity contribution is -0.142. The number of benzene rings is 1. The fraction of sp³-hybridized carbons (Fsp3) is 0.625. The zero-order valence-corrected chi connectivity index (χ0v) is 15.4. The molecular weight excluding hydrogens is 400 g/mol. The number of likely N-dealkylation sites (tertiary alicyclic amines) is 1. The van der Waals surface area contributed by atoms with E-state index in [2.05, 4.69) is 0 Å². The first-order valence-corrected chi connectivity index (χ1v) is 9.84. The van der Waals surface area contributed by atoms with Gasteiger partial charge < -0.3 is 0 Å². The Bertz CT molecular complexity index is 775. The van der Waals surface area contributed by atoms with E-state index in [1.807, 2.05) is 0 Å². The summed E-state index contributed by atoms with van der Waals surface area (Å²) in [5.41, 5.74) is -2.82. The third-order valence-corrected chi connectivity index (χ3v) is 4.76. The molecule has 27 heavy (non-hydrogen) atoms. The summed E-state index contributed by atoms with van der Waals surface area (Å²) in [6.45, 7) is 1.69. The lowest BCUT2D eigenvalue weighted by atomic mass is 9.96. The fourth-order valence-corrected chi connectivity index (χ4v) is 3.90. The van der Waals surface area contributed by atoms with E-state index in [-0.39, 0.29) is 12.5 Å². The van der Waals surface area contributed by atoms with Crippen LogP contribution in [0.5, 0.6) is 0 Å². The second-order valence-corrected chi connectivity index (χ2v) is 8.43. The number of halogens is 6. The molecule has 4 nitrogen and oxygen atoms in total. The predicted octanol–water partition coefficient (Wildman–Crippen LogP) is 3.91. The highest BCUT2D eigenvalue weighted by Gasteiger charge is 2.38. The molecule has 0 N–H and O–H groups in total. The van der Waals surface area contributed by atoms with Crippen molar-refractivity contribution in [1.82, 2.24) is 4.90 Å². The second kappa shape index (κ2) is 7.59. The van der Waals surface area contributed by atoms with Gasteiger partial charge in [0, 0.05) is 19.6 Å². The average Bonchev–Trinajstić information content (AvgIpc) is 2.42. The van der Waals surface area contributed by atoms with Crippen LogP contribution in [0.4, 0.5) is 26.3 Å². The third kappa shape index (κ3) is 6.35. The summed E-state index contributed by atoms with van der Waals surface area (Å²) >= 11 is 0. The Morgan fingerprint density at radius 2 is 1.74 bits per heavy atom. The Morgan fingerprint density at radius 3 is 2.26 bits per heavy atom. The maximum absolute atomic E-state index is 13.2. The first-order valence-electron chi connectivity index (χ1n) is 8.03. The molecule has 0 aliphatic carbocycles. The van der Waals surface area contributed by atoms with Crippen molar-refractivity contribution in [2.45, 2.75) is 38.3 Å². The van der Waals surface area contributed by atoms with Crippen LogP contribution >= 0.6 is 0 Å². The van der Waals surface area contributed by atoms with Crippen molar-refractivity contribution in [2.75, 3.05) is 19.3 Å². The van der Waals surface area contributed by atoms with Gasteiger partial charge in [0.25, 0.3) is 10.1 Å². The lowest BCUT2D eigenvalue weighted by Gasteiger charge is -2.36. The predicted molar refractivity (Wildman–Crippen MR) is 85.2 cm³/mol. The molecule has 2 rings (SSSR count). The van der Waals surface area contributed by atoms with Crippen LogP contribution in [0.15, 0.2) is 18.2 Å². The fourth-order valence-electron chi connectivity index (χ4n) is 3.27. The molecule has 1 heterocycles. The van der Waals surface area contributed by atoms with Crippen molar-refractivity contribution in [3.05, 3.63) is 34.9 Å². The molecular formula is C16H19F6NO3S. The average molecular weight is 419 g/mol. The normalized spacial score (nSPS) is 22.8. The molecule has 0 aromatic heterocycles. The number of nitrogens with zero attached hydrogens (tertiary/aromatic N) is 1.